The first kappa shape index (κ1) is 10.0. The van der Waals surface area contributed by atoms with Gasteiger partial charge in [0, 0.05) is 11.8 Å². The van der Waals surface area contributed by atoms with E-state index in [0.29, 0.717) is 5.92 Å². The van der Waals surface area contributed by atoms with Crippen LogP contribution in [0.1, 0.15) is 26.7 Å². The zero-order valence-electron chi connectivity index (χ0n) is 7.31. The fourth-order valence-electron chi connectivity index (χ4n) is 0.738. The molecule has 1 atom stereocenters. The molecule has 0 fully saturated rings. The molecule has 0 aromatic carbocycles. The molecule has 0 radical (unpaired) electrons. The Bertz CT molecular complexity index is 174. The lowest BCUT2D eigenvalue weighted by molar-refractivity contribution is -0.133. The molecule has 0 amide bonds. The number of ether oxygens (including phenoxy) is 1. The second-order valence-corrected chi connectivity index (χ2v) is 2.45. The second kappa shape index (κ2) is 5.79. The summed E-state index contributed by atoms with van der Waals surface area (Å²) in [7, 11) is 1.33. The maximum Gasteiger partial charge on any atom is 0.384 e. The van der Waals surface area contributed by atoms with E-state index in [9.17, 15) is 4.79 Å². The molecule has 2 nitrogen and oxygen atoms in total. The molecule has 0 aromatic heterocycles. The van der Waals surface area contributed by atoms with Crippen molar-refractivity contribution < 1.29 is 9.53 Å². The minimum Gasteiger partial charge on any atom is -0.459 e. The highest BCUT2D eigenvalue weighted by Gasteiger charge is 1.95. The topological polar surface area (TPSA) is 26.3 Å². The van der Waals surface area contributed by atoms with Crippen molar-refractivity contribution in [3.05, 3.63) is 0 Å². The quantitative estimate of drug-likeness (QED) is 0.343. The Morgan fingerprint density at radius 3 is 2.73 bits per heavy atom. The van der Waals surface area contributed by atoms with Crippen molar-refractivity contribution in [2.75, 3.05) is 7.11 Å². The molecule has 0 bridgehead atoms. The van der Waals surface area contributed by atoms with Gasteiger partial charge in [0.15, 0.2) is 0 Å². The Morgan fingerprint density at radius 2 is 2.27 bits per heavy atom. The van der Waals surface area contributed by atoms with Crippen LogP contribution in [0.2, 0.25) is 0 Å². The third-order valence-electron chi connectivity index (χ3n) is 1.33. The van der Waals surface area contributed by atoms with Gasteiger partial charge in [-0.1, -0.05) is 26.2 Å². The summed E-state index contributed by atoms with van der Waals surface area (Å²) in [5.41, 5.74) is 0. The summed E-state index contributed by atoms with van der Waals surface area (Å²) in [6, 6.07) is 0. The molecule has 0 heterocycles. The lowest BCUT2D eigenvalue weighted by atomic mass is 10.1. The van der Waals surface area contributed by atoms with Crippen molar-refractivity contribution in [1.29, 1.82) is 0 Å². The summed E-state index contributed by atoms with van der Waals surface area (Å²) in [4.78, 5) is 10.5. The van der Waals surface area contributed by atoms with Crippen LogP contribution in [0.5, 0.6) is 0 Å². The summed E-state index contributed by atoms with van der Waals surface area (Å²) in [5, 5.41) is 0. The van der Waals surface area contributed by atoms with E-state index < -0.39 is 5.97 Å². The SMILES string of the molecule is CCCC(C)C#CC(=O)OC. The average molecular weight is 154 g/mol. The minimum absolute atomic E-state index is 0.291. The predicted octanol–water partition coefficient (Wildman–Crippen LogP) is 1.60. The number of hydrogen-bond donors (Lipinski definition) is 0. The van der Waals surface area contributed by atoms with E-state index in [0.717, 1.165) is 12.8 Å². The molecule has 1 unspecified atom stereocenters. The standard InChI is InChI=1S/C9H14O2/c1-4-5-8(2)6-7-9(10)11-3/h8H,4-5H2,1-3H3. The highest BCUT2D eigenvalue weighted by atomic mass is 16.5. The Kier molecular flexibility index (Phi) is 5.28. The van der Waals surface area contributed by atoms with Crippen molar-refractivity contribution in [1.82, 2.24) is 0 Å². The van der Waals surface area contributed by atoms with E-state index in [1.165, 1.54) is 7.11 Å². The first-order valence-corrected chi connectivity index (χ1v) is 3.80. The Balaban J connectivity index is 3.76. The van der Waals surface area contributed by atoms with E-state index in [2.05, 4.69) is 23.5 Å². The largest absolute Gasteiger partial charge is 0.459 e. The van der Waals surface area contributed by atoms with Gasteiger partial charge in [0.25, 0.3) is 0 Å². The Labute approximate surface area is 67.9 Å². The van der Waals surface area contributed by atoms with Crippen LogP contribution in [0.4, 0.5) is 0 Å². The average Bonchev–Trinajstić information content (AvgIpc) is 2.01. The first-order chi connectivity index (χ1) is 5.20. The molecular weight excluding hydrogens is 140 g/mol. The van der Waals surface area contributed by atoms with Gasteiger partial charge in [-0.05, 0) is 6.42 Å². The molecule has 0 aliphatic heterocycles. The monoisotopic (exact) mass is 154 g/mol. The maximum atomic E-state index is 10.5. The fraction of sp³-hybridized carbons (Fsp3) is 0.667. The number of hydrogen-bond acceptors (Lipinski definition) is 2. The fourth-order valence-corrected chi connectivity index (χ4v) is 0.738. The number of methoxy groups -OCH3 is 1. The number of carbonyl (C=O) groups is 1. The van der Waals surface area contributed by atoms with Crippen LogP contribution in [-0.2, 0) is 9.53 Å². The van der Waals surface area contributed by atoms with Gasteiger partial charge in [0.2, 0.25) is 0 Å². The van der Waals surface area contributed by atoms with Crippen molar-refractivity contribution in [3.63, 3.8) is 0 Å². The molecule has 0 aromatic rings. The van der Waals surface area contributed by atoms with Gasteiger partial charge < -0.3 is 4.74 Å². The Morgan fingerprint density at radius 1 is 1.64 bits per heavy atom. The predicted molar refractivity (Wildman–Crippen MR) is 43.9 cm³/mol. The normalized spacial score (nSPS) is 11.2. The third-order valence-corrected chi connectivity index (χ3v) is 1.33. The second-order valence-electron chi connectivity index (χ2n) is 2.45. The van der Waals surface area contributed by atoms with Crippen LogP contribution in [-0.4, -0.2) is 13.1 Å². The summed E-state index contributed by atoms with van der Waals surface area (Å²) in [6.45, 7) is 4.09. The van der Waals surface area contributed by atoms with E-state index in [1.54, 1.807) is 0 Å². The van der Waals surface area contributed by atoms with Crippen molar-refractivity contribution >= 4 is 5.97 Å². The molecule has 0 aliphatic rings. The zero-order valence-corrected chi connectivity index (χ0v) is 7.31. The summed E-state index contributed by atoms with van der Waals surface area (Å²) in [6.07, 6.45) is 2.13. The first-order valence-electron chi connectivity index (χ1n) is 3.80. The van der Waals surface area contributed by atoms with Gasteiger partial charge in [0.05, 0.1) is 7.11 Å². The zero-order chi connectivity index (χ0) is 8.69. The van der Waals surface area contributed by atoms with E-state index in [4.69, 9.17) is 0 Å². The summed E-state index contributed by atoms with van der Waals surface area (Å²) in [5.74, 6) is 5.06. The molecule has 0 N–H and O–H groups in total. The molecule has 11 heavy (non-hydrogen) atoms. The molecule has 0 saturated heterocycles. The van der Waals surface area contributed by atoms with E-state index in [-0.39, 0.29) is 0 Å². The number of rotatable bonds is 2. The van der Waals surface area contributed by atoms with Gasteiger partial charge in [0.1, 0.15) is 0 Å². The Hall–Kier alpha value is -0.970. The van der Waals surface area contributed by atoms with Gasteiger partial charge in [-0.15, -0.1) is 0 Å². The molecule has 0 rings (SSSR count). The van der Waals surface area contributed by atoms with Crippen LogP contribution in [0.25, 0.3) is 0 Å². The van der Waals surface area contributed by atoms with Crippen molar-refractivity contribution in [2.24, 2.45) is 5.92 Å². The van der Waals surface area contributed by atoms with E-state index >= 15 is 0 Å². The number of esters is 1. The van der Waals surface area contributed by atoms with Crippen LogP contribution in [0.15, 0.2) is 0 Å². The molecule has 2 heteroatoms. The summed E-state index contributed by atoms with van der Waals surface area (Å²) >= 11 is 0. The minimum atomic E-state index is -0.451. The van der Waals surface area contributed by atoms with Gasteiger partial charge >= 0.3 is 5.97 Å². The van der Waals surface area contributed by atoms with E-state index in [1.807, 2.05) is 6.92 Å². The molecule has 0 aliphatic carbocycles. The van der Waals surface area contributed by atoms with Crippen LogP contribution in [0.3, 0.4) is 0 Å². The van der Waals surface area contributed by atoms with Crippen molar-refractivity contribution in [2.45, 2.75) is 26.7 Å². The van der Waals surface area contributed by atoms with Crippen molar-refractivity contribution in [3.8, 4) is 11.8 Å². The van der Waals surface area contributed by atoms with Crippen LogP contribution >= 0.6 is 0 Å². The van der Waals surface area contributed by atoms with Crippen LogP contribution in [0, 0.1) is 17.8 Å². The lowest BCUT2D eigenvalue weighted by Crippen LogP contribution is -1.96. The molecule has 0 spiro atoms. The molecular formula is C9H14O2. The van der Waals surface area contributed by atoms with Gasteiger partial charge in [-0.25, -0.2) is 4.79 Å². The lowest BCUT2D eigenvalue weighted by Gasteiger charge is -1.97. The molecule has 62 valence electrons. The third kappa shape index (κ3) is 5.47. The van der Waals surface area contributed by atoms with Crippen LogP contribution < -0.4 is 0 Å². The highest BCUT2D eigenvalue weighted by molar-refractivity contribution is 5.88. The van der Waals surface area contributed by atoms with Gasteiger partial charge in [-0.2, -0.15) is 0 Å². The van der Waals surface area contributed by atoms with Gasteiger partial charge in [-0.3, -0.25) is 0 Å². The highest BCUT2D eigenvalue weighted by Crippen LogP contribution is 2.01. The smallest absolute Gasteiger partial charge is 0.384 e. The number of carbonyl (C=O) groups excluding carboxylic acids is 1. The molecule has 0 saturated carbocycles. The summed E-state index contributed by atoms with van der Waals surface area (Å²) < 4.78 is 4.37. The maximum absolute atomic E-state index is 10.5.